The first kappa shape index (κ1) is 21.9. The maximum absolute atomic E-state index is 14.0. The average molecular weight is 478 g/mol. The molecule has 0 unspecified atom stereocenters. The number of carbonyl (C=O) groups is 2. The molecule has 5 nitrogen and oxygen atoms in total. The first-order chi connectivity index (χ1) is 15.9. The monoisotopic (exact) mass is 477 g/mol. The van der Waals surface area contributed by atoms with Gasteiger partial charge in [0.2, 0.25) is 0 Å². The Morgan fingerprint density at radius 2 is 1.85 bits per heavy atom. The van der Waals surface area contributed by atoms with Gasteiger partial charge in [-0.05, 0) is 49.7 Å². The van der Waals surface area contributed by atoms with Crippen LogP contribution >= 0.6 is 23.4 Å². The molecular weight excluding hydrogens is 454 g/mol. The Balaban J connectivity index is 1.53. The highest BCUT2D eigenvalue weighted by Gasteiger charge is 2.59. The third-order valence-electron chi connectivity index (χ3n) is 6.13. The number of carbonyl (C=O) groups excluding carboxylic acids is 2. The molecule has 0 aromatic heterocycles. The summed E-state index contributed by atoms with van der Waals surface area (Å²) in [5.74, 6) is 0.555. The van der Waals surface area contributed by atoms with Gasteiger partial charge in [0.15, 0.2) is 4.87 Å². The summed E-state index contributed by atoms with van der Waals surface area (Å²) in [6.07, 6.45) is 0. The number of anilines is 2. The molecule has 0 radical (unpaired) electrons. The lowest BCUT2D eigenvalue weighted by Crippen LogP contribution is -2.51. The molecule has 2 heterocycles. The number of nitrogens with zero attached hydrogens (tertiary/aromatic N) is 2. The van der Waals surface area contributed by atoms with E-state index in [-0.39, 0.29) is 11.9 Å². The van der Waals surface area contributed by atoms with Gasteiger partial charge < -0.3 is 10.2 Å². The fourth-order valence-corrected chi connectivity index (χ4v) is 6.19. The van der Waals surface area contributed by atoms with Gasteiger partial charge in [-0.15, -0.1) is 11.8 Å². The molecular formula is C26H24ClN3O2S. The normalized spacial score (nSPS) is 19.3. The van der Waals surface area contributed by atoms with Crippen molar-refractivity contribution in [2.75, 3.05) is 22.5 Å². The first-order valence-corrected chi connectivity index (χ1v) is 12.2. The molecule has 0 aliphatic carbocycles. The predicted molar refractivity (Wildman–Crippen MR) is 135 cm³/mol. The second-order valence-corrected chi connectivity index (χ2v) is 10.2. The van der Waals surface area contributed by atoms with Crippen LogP contribution in [-0.2, 0) is 16.2 Å². The zero-order valence-corrected chi connectivity index (χ0v) is 20.0. The Bertz CT molecular complexity index is 1250. The standard InChI is InChI=1S/C26H24ClN3O2S/c1-17-6-9-21(10-7-17)28-25(32)30-12-13-33-26(30)22-15-20(27)8-11-23(22)29(24(26)31)16-19-5-3-4-18(2)14-19/h3-11,14-15H,12-13,16H2,1-2H3,(H,28,32)/t26-/m1/s1. The van der Waals surface area contributed by atoms with Crippen LogP contribution in [0.15, 0.2) is 66.7 Å². The molecule has 5 rings (SSSR count). The van der Waals surface area contributed by atoms with Crippen LogP contribution in [0.4, 0.5) is 16.2 Å². The van der Waals surface area contributed by atoms with Crippen LogP contribution in [0.1, 0.15) is 22.3 Å². The number of benzene rings is 3. The van der Waals surface area contributed by atoms with Crippen molar-refractivity contribution in [3.05, 3.63) is 94.0 Å². The van der Waals surface area contributed by atoms with Crippen LogP contribution in [0.25, 0.3) is 0 Å². The maximum Gasteiger partial charge on any atom is 0.323 e. The van der Waals surface area contributed by atoms with Gasteiger partial charge in [0.05, 0.1) is 12.2 Å². The Hall–Kier alpha value is -2.96. The van der Waals surface area contributed by atoms with Crippen molar-refractivity contribution in [3.8, 4) is 0 Å². The zero-order valence-electron chi connectivity index (χ0n) is 18.5. The van der Waals surface area contributed by atoms with E-state index in [1.54, 1.807) is 15.9 Å². The van der Waals surface area contributed by atoms with Crippen molar-refractivity contribution >= 4 is 46.7 Å². The third-order valence-corrected chi connectivity index (χ3v) is 7.78. The van der Waals surface area contributed by atoms with Crippen LogP contribution in [0.3, 0.4) is 0 Å². The largest absolute Gasteiger partial charge is 0.323 e. The Morgan fingerprint density at radius 3 is 2.61 bits per heavy atom. The highest BCUT2D eigenvalue weighted by molar-refractivity contribution is 8.01. The maximum atomic E-state index is 14.0. The summed E-state index contributed by atoms with van der Waals surface area (Å²) in [6.45, 7) is 4.94. The lowest BCUT2D eigenvalue weighted by atomic mass is 10.1. The first-order valence-electron chi connectivity index (χ1n) is 10.9. The number of aryl methyl sites for hydroxylation is 2. The van der Waals surface area contributed by atoms with Crippen molar-refractivity contribution in [1.82, 2.24) is 4.90 Å². The van der Waals surface area contributed by atoms with Gasteiger partial charge in [-0.1, -0.05) is 59.1 Å². The fourth-order valence-electron chi connectivity index (χ4n) is 4.57. The molecule has 1 fully saturated rings. The van der Waals surface area contributed by atoms with Crippen LogP contribution in [0.5, 0.6) is 0 Å². The number of urea groups is 1. The van der Waals surface area contributed by atoms with Crippen molar-refractivity contribution < 1.29 is 9.59 Å². The van der Waals surface area contributed by atoms with Crippen molar-refractivity contribution in [2.24, 2.45) is 0 Å². The number of amides is 3. The summed E-state index contributed by atoms with van der Waals surface area (Å²) in [4.78, 5) is 29.8. The number of hydrogen-bond donors (Lipinski definition) is 1. The van der Waals surface area contributed by atoms with Crippen molar-refractivity contribution in [2.45, 2.75) is 25.3 Å². The lowest BCUT2D eigenvalue weighted by Gasteiger charge is -2.33. The average Bonchev–Trinajstić information content (AvgIpc) is 3.33. The molecule has 1 atom stereocenters. The summed E-state index contributed by atoms with van der Waals surface area (Å²) in [5.41, 5.74) is 5.57. The van der Waals surface area contributed by atoms with Crippen LogP contribution < -0.4 is 10.2 Å². The molecule has 1 spiro atoms. The molecule has 3 amide bonds. The van der Waals surface area contributed by atoms with E-state index in [9.17, 15) is 9.59 Å². The van der Waals surface area contributed by atoms with Gasteiger partial charge in [-0.2, -0.15) is 0 Å². The zero-order chi connectivity index (χ0) is 23.2. The smallest absolute Gasteiger partial charge is 0.308 e. The molecule has 0 bridgehead atoms. The number of thioether (sulfide) groups is 1. The van der Waals surface area contributed by atoms with Crippen molar-refractivity contribution in [3.63, 3.8) is 0 Å². The van der Waals surface area contributed by atoms with E-state index in [2.05, 4.69) is 11.4 Å². The topological polar surface area (TPSA) is 52.7 Å². The Morgan fingerprint density at radius 1 is 1.06 bits per heavy atom. The summed E-state index contributed by atoms with van der Waals surface area (Å²) in [5, 5.41) is 3.52. The van der Waals surface area contributed by atoms with E-state index in [1.807, 2.05) is 68.4 Å². The van der Waals surface area contributed by atoms with Gasteiger partial charge in [-0.25, -0.2) is 4.79 Å². The van der Waals surface area contributed by atoms with E-state index in [1.165, 1.54) is 11.8 Å². The number of nitrogens with one attached hydrogen (secondary N) is 1. The highest BCUT2D eigenvalue weighted by atomic mass is 35.5. The number of halogens is 1. The summed E-state index contributed by atoms with van der Waals surface area (Å²) >= 11 is 7.87. The van der Waals surface area contributed by atoms with Gasteiger partial charge in [0, 0.05) is 28.6 Å². The molecule has 2 aliphatic heterocycles. The van der Waals surface area contributed by atoms with E-state index in [0.29, 0.717) is 29.6 Å². The number of hydrogen-bond acceptors (Lipinski definition) is 3. The second-order valence-electron chi connectivity index (χ2n) is 8.48. The summed E-state index contributed by atoms with van der Waals surface area (Å²) < 4.78 is 0. The van der Waals surface area contributed by atoms with E-state index >= 15 is 0 Å². The lowest BCUT2D eigenvalue weighted by molar-refractivity contribution is -0.123. The molecule has 0 saturated carbocycles. The number of rotatable bonds is 3. The van der Waals surface area contributed by atoms with Crippen molar-refractivity contribution in [1.29, 1.82) is 0 Å². The minimum atomic E-state index is -1.13. The molecule has 2 aliphatic rings. The Kier molecular flexibility index (Phi) is 5.59. The van der Waals surface area contributed by atoms with Crippen LogP contribution in [-0.4, -0.2) is 29.1 Å². The molecule has 3 aromatic carbocycles. The molecule has 168 valence electrons. The minimum Gasteiger partial charge on any atom is -0.308 e. The quantitative estimate of drug-likeness (QED) is 0.508. The van der Waals surface area contributed by atoms with Gasteiger partial charge >= 0.3 is 6.03 Å². The van der Waals surface area contributed by atoms with E-state index in [0.717, 1.165) is 27.9 Å². The van der Waals surface area contributed by atoms with Gasteiger partial charge in [0.1, 0.15) is 0 Å². The fraction of sp³-hybridized carbons (Fsp3) is 0.231. The second kappa shape index (κ2) is 8.43. The summed E-state index contributed by atoms with van der Waals surface area (Å²) in [7, 11) is 0. The molecule has 1 N–H and O–H groups in total. The number of fused-ring (bicyclic) bond motifs is 2. The molecule has 7 heteroatoms. The predicted octanol–water partition coefficient (Wildman–Crippen LogP) is 5.94. The molecule has 3 aromatic rings. The third kappa shape index (κ3) is 3.77. The highest BCUT2D eigenvalue weighted by Crippen LogP contribution is 2.55. The van der Waals surface area contributed by atoms with Gasteiger partial charge in [0.25, 0.3) is 5.91 Å². The molecule has 33 heavy (non-hydrogen) atoms. The van der Waals surface area contributed by atoms with E-state index < -0.39 is 4.87 Å². The SMILES string of the molecule is Cc1ccc(NC(=O)N2CCS[C@]23C(=O)N(Cc2cccc(C)c2)c2ccc(Cl)cc23)cc1. The van der Waals surface area contributed by atoms with Gasteiger partial charge in [-0.3, -0.25) is 9.69 Å². The van der Waals surface area contributed by atoms with Crippen LogP contribution in [0, 0.1) is 13.8 Å². The summed E-state index contributed by atoms with van der Waals surface area (Å²) in [6, 6.07) is 21.0. The minimum absolute atomic E-state index is 0.108. The van der Waals surface area contributed by atoms with E-state index in [4.69, 9.17) is 11.6 Å². The van der Waals surface area contributed by atoms with Crippen LogP contribution in [0.2, 0.25) is 5.02 Å². The Labute approximate surface area is 202 Å². The molecule has 1 saturated heterocycles.